The lowest BCUT2D eigenvalue weighted by Crippen LogP contribution is -2.51. The predicted octanol–water partition coefficient (Wildman–Crippen LogP) is 1.48. The summed E-state index contributed by atoms with van der Waals surface area (Å²) in [4.78, 5) is 51.9. The number of aliphatic imine (C=N–C) groups is 1. The van der Waals surface area contributed by atoms with E-state index < -0.39 is 0 Å². The van der Waals surface area contributed by atoms with Gasteiger partial charge in [0.05, 0.1) is 37.3 Å². The van der Waals surface area contributed by atoms with E-state index in [0.29, 0.717) is 80.7 Å². The van der Waals surface area contributed by atoms with E-state index in [1.807, 2.05) is 28.9 Å². The van der Waals surface area contributed by atoms with Crippen LogP contribution in [0.3, 0.4) is 0 Å². The van der Waals surface area contributed by atoms with Crippen LogP contribution in [0.4, 0.5) is 17.3 Å². The number of ether oxygens (including phenoxy) is 1. The van der Waals surface area contributed by atoms with Gasteiger partial charge in [0.25, 0.3) is 0 Å². The number of carbonyl (C=O) groups is 2. The van der Waals surface area contributed by atoms with Crippen LogP contribution in [0.1, 0.15) is 30.2 Å². The quantitative estimate of drug-likeness (QED) is 0.174. The molecule has 3 aromatic rings. The molecule has 0 saturated carbocycles. The SMILES string of the molecule is CCN(C(=O)[C@@H]1CCN(CC(=O)N2CCN(c3ccc(C(=N)/N=C\NC)cn3)CC2)C1)c1ccc(N)c(C(=N)c2ccc(OC)nc2)n1. The second kappa shape index (κ2) is 15.4. The van der Waals surface area contributed by atoms with Crippen molar-refractivity contribution in [1.29, 1.82) is 10.8 Å². The van der Waals surface area contributed by atoms with Crippen molar-refractivity contribution < 1.29 is 14.3 Å². The molecular formula is C33H42N12O3. The third-order valence-corrected chi connectivity index (χ3v) is 8.52. The van der Waals surface area contributed by atoms with Crippen LogP contribution in [0, 0.1) is 16.7 Å². The first kappa shape index (κ1) is 33.9. The Labute approximate surface area is 279 Å². The van der Waals surface area contributed by atoms with Crippen LogP contribution >= 0.6 is 0 Å². The van der Waals surface area contributed by atoms with Crippen LogP contribution < -0.4 is 25.6 Å². The van der Waals surface area contributed by atoms with Gasteiger partial charge in [-0.05, 0) is 50.2 Å². The highest BCUT2D eigenvalue weighted by Gasteiger charge is 2.34. The molecule has 3 aromatic heterocycles. The molecule has 2 aliphatic heterocycles. The summed E-state index contributed by atoms with van der Waals surface area (Å²) in [7, 11) is 3.25. The van der Waals surface area contributed by atoms with Gasteiger partial charge >= 0.3 is 0 Å². The van der Waals surface area contributed by atoms with Gasteiger partial charge in [0.15, 0.2) is 5.84 Å². The Bertz CT molecular complexity index is 1650. The fraction of sp³-hybridized carbons (Fsp3) is 0.394. The Morgan fingerprint density at radius 3 is 2.46 bits per heavy atom. The number of nitrogen functional groups attached to an aromatic ring is 1. The number of likely N-dealkylation sites (tertiary alicyclic amines) is 1. The maximum atomic E-state index is 13.7. The number of aromatic nitrogens is 3. The van der Waals surface area contributed by atoms with E-state index in [4.69, 9.17) is 21.3 Å². The first-order chi connectivity index (χ1) is 23.2. The standard InChI is InChI=1S/C33H42N12O3/c1-4-45(27-9-7-25(34)31(41-27)30(35)22-6-10-28(48-3)39-17-22)33(47)24-11-12-42(19-24)20-29(46)44-15-13-43(14-16-44)26-8-5-23(18-38-26)32(36)40-21-37-2/h5-10,17-18,21,24,35H,4,11-16,19-20,34H2,1-3H3,(H2,36,37,40)/t24-/m1/s1. The van der Waals surface area contributed by atoms with Crippen molar-refractivity contribution >= 4 is 47.0 Å². The molecule has 0 unspecified atom stereocenters. The molecule has 2 fully saturated rings. The van der Waals surface area contributed by atoms with Crippen LogP contribution in [-0.4, -0.2) is 121 Å². The Morgan fingerprint density at radius 1 is 1.06 bits per heavy atom. The summed E-state index contributed by atoms with van der Waals surface area (Å²) in [6.45, 7) is 6.16. The third-order valence-electron chi connectivity index (χ3n) is 8.52. The smallest absolute Gasteiger partial charge is 0.236 e. The van der Waals surface area contributed by atoms with Gasteiger partial charge in [-0.3, -0.25) is 30.2 Å². The Hall–Kier alpha value is -5.44. The van der Waals surface area contributed by atoms with E-state index in [2.05, 4.69) is 30.2 Å². The number of carbonyl (C=O) groups excluding carboxylic acids is 2. The highest BCUT2D eigenvalue weighted by atomic mass is 16.5. The summed E-state index contributed by atoms with van der Waals surface area (Å²) in [6, 6.07) is 10.4. The van der Waals surface area contributed by atoms with E-state index >= 15 is 0 Å². The topological polar surface area (TPSA) is 193 Å². The number of nitrogens with zero attached hydrogens (tertiary/aromatic N) is 8. The number of pyridine rings is 3. The van der Waals surface area contributed by atoms with E-state index in [9.17, 15) is 9.59 Å². The molecule has 0 spiro atoms. The number of anilines is 3. The largest absolute Gasteiger partial charge is 0.481 e. The lowest BCUT2D eigenvalue weighted by molar-refractivity contribution is -0.132. The maximum Gasteiger partial charge on any atom is 0.236 e. The van der Waals surface area contributed by atoms with Crippen molar-refractivity contribution in [2.45, 2.75) is 13.3 Å². The number of rotatable bonds is 11. The molecule has 2 aliphatic rings. The maximum absolute atomic E-state index is 13.7. The number of nitrogens with two attached hydrogens (primary N) is 1. The predicted molar refractivity (Wildman–Crippen MR) is 185 cm³/mol. The number of nitrogens with one attached hydrogen (secondary N) is 3. The zero-order chi connectivity index (χ0) is 34.2. The van der Waals surface area contributed by atoms with Gasteiger partial charge in [0.2, 0.25) is 17.7 Å². The van der Waals surface area contributed by atoms with Gasteiger partial charge in [-0.2, -0.15) is 0 Å². The minimum atomic E-state index is -0.276. The zero-order valence-electron chi connectivity index (χ0n) is 27.5. The summed E-state index contributed by atoms with van der Waals surface area (Å²) >= 11 is 0. The Balaban J connectivity index is 1.14. The van der Waals surface area contributed by atoms with Crippen molar-refractivity contribution in [3.8, 4) is 5.88 Å². The molecule has 0 bridgehead atoms. The molecule has 5 rings (SSSR count). The number of amidine groups is 1. The summed E-state index contributed by atoms with van der Waals surface area (Å²) < 4.78 is 5.11. The second-order valence-electron chi connectivity index (χ2n) is 11.5. The molecule has 0 aromatic carbocycles. The number of methoxy groups -OCH3 is 1. The number of piperazine rings is 1. The molecule has 0 radical (unpaired) electrons. The lowest BCUT2D eigenvalue weighted by Gasteiger charge is -2.36. The van der Waals surface area contributed by atoms with Gasteiger partial charge in [-0.15, -0.1) is 0 Å². The fourth-order valence-electron chi connectivity index (χ4n) is 5.82. The van der Waals surface area contributed by atoms with E-state index in [1.54, 1.807) is 42.4 Å². The molecule has 5 heterocycles. The van der Waals surface area contributed by atoms with Crippen molar-refractivity contribution in [1.82, 2.24) is 30.1 Å². The van der Waals surface area contributed by atoms with Crippen molar-refractivity contribution in [3.05, 3.63) is 65.6 Å². The van der Waals surface area contributed by atoms with Crippen molar-refractivity contribution in [2.24, 2.45) is 10.9 Å². The first-order valence-corrected chi connectivity index (χ1v) is 15.9. The summed E-state index contributed by atoms with van der Waals surface area (Å²) in [6.07, 6.45) is 5.27. The summed E-state index contributed by atoms with van der Waals surface area (Å²) in [5, 5.41) is 19.5. The molecule has 2 saturated heterocycles. The average Bonchev–Trinajstić information content (AvgIpc) is 3.59. The molecule has 5 N–H and O–H groups in total. The molecular weight excluding hydrogens is 612 g/mol. The molecule has 15 nitrogen and oxygen atoms in total. The summed E-state index contributed by atoms with van der Waals surface area (Å²) in [5.74, 6) is 1.50. The van der Waals surface area contributed by atoms with Crippen LogP contribution in [0.2, 0.25) is 0 Å². The molecule has 1 atom stereocenters. The molecule has 15 heteroatoms. The highest BCUT2D eigenvalue weighted by Crippen LogP contribution is 2.25. The monoisotopic (exact) mass is 654 g/mol. The Kier molecular flexibility index (Phi) is 10.9. The lowest BCUT2D eigenvalue weighted by atomic mass is 10.1. The van der Waals surface area contributed by atoms with Crippen LogP contribution in [0.5, 0.6) is 5.88 Å². The van der Waals surface area contributed by atoms with E-state index in [0.717, 1.165) is 5.82 Å². The Morgan fingerprint density at radius 2 is 1.81 bits per heavy atom. The van der Waals surface area contributed by atoms with Gasteiger partial charge in [0.1, 0.15) is 17.3 Å². The minimum absolute atomic E-state index is 0.0469. The van der Waals surface area contributed by atoms with Crippen molar-refractivity contribution in [3.63, 3.8) is 0 Å². The van der Waals surface area contributed by atoms with Gasteiger partial charge in [-0.1, -0.05) is 0 Å². The third kappa shape index (κ3) is 7.74. The summed E-state index contributed by atoms with van der Waals surface area (Å²) in [5.41, 5.74) is 8.05. The van der Waals surface area contributed by atoms with Gasteiger partial charge < -0.3 is 25.6 Å². The fourth-order valence-corrected chi connectivity index (χ4v) is 5.82. The molecule has 0 aliphatic carbocycles. The molecule has 252 valence electrons. The molecule has 2 amide bonds. The molecule has 48 heavy (non-hydrogen) atoms. The second-order valence-corrected chi connectivity index (χ2v) is 11.5. The van der Waals surface area contributed by atoms with Crippen LogP contribution in [-0.2, 0) is 9.59 Å². The van der Waals surface area contributed by atoms with E-state index in [-0.39, 0.29) is 41.5 Å². The average molecular weight is 655 g/mol. The first-order valence-electron chi connectivity index (χ1n) is 15.9. The van der Waals surface area contributed by atoms with Crippen LogP contribution in [0.15, 0.2) is 53.8 Å². The van der Waals surface area contributed by atoms with Gasteiger partial charge in [0, 0.05) is 75.9 Å². The highest BCUT2D eigenvalue weighted by molar-refractivity contribution is 6.12. The number of amides is 2. The van der Waals surface area contributed by atoms with Crippen LogP contribution in [0.25, 0.3) is 0 Å². The van der Waals surface area contributed by atoms with Crippen molar-refractivity contribution in [2.75, 3.05) is 82.0 Å². The normalized spacial score (nSPS) is 16.6. The zero-order valence-corrected chi connectivity index (χ0v) is 27.5. The van der Waals surface area contributed by atoms with E-state index in [1.165, 1.54) is 19.6 Å². The number of hydrogen-bond acceptors (Lipinski definition) is 11. The minimum Gasteiger partial charge on any atom is -0.481 e. The van der Waals surface area contributed by atoms with Gasteiger partial charge in [-0.25, -0.2) is 19.9 Å². The number of hydrogen-bond donors (Lipinski definition) is 4.